The SMILES string of the molecule is COc1ccccc1-c1cccc([C@H]2CCCN(C(=O)C(C)(C)NC(=O)Cc3ccccc3)C2)n1. The van der Waals surface area contributed by atoms with Gasteiger partial charge in [0, 0.05) is 30.3 Å². The summed E-state index contributed by atoms with van der Waals surface area (Å²) in [6.45, 7) is 4.82. The third-order valence-electron chi connectivity index (χ3n) is 6.47. The van der Waals surface area contributed by atoms with Gasteiger partial charge in [-0.15, -0.1) is 0 Å². The Morgan fingerprint density at radius 2 is 1.77 bits per heavy atom. The number of ether oxygens (including phenoxy) is 1. The molecule has 4 rings (SSSR count). The van der Waals surface area contributed by atoms with Crippen LogP contribution in [0.15, 0.2) is 72.8 Å². The first-order valence-electron chi connectivity index (χ1n) is 12.1. The van der Waals surface area contributed by atoms with Gasteiger partial charge >= 0.3 is 0 Å². The lowest BCUT2D eigenvalue weighted by atomic mass is 9.92. The number of nitrogens with zero attached hydrogens (tertiary/aromatic N) is 2. The van der Waals surface area contributed by atoms with Crippen LogP contribution in [0.1, 0.15) is 43.9 Å². The molecule has 1 saturated heterocycles. The molecule has 0 saturated carbocycles. The fourth-order valence-corrected chi connectivity index (χ4v) is 4.71. The van der Waals surface area contributed by atoms with E-state index in [1.54, 1.807) is 21.0 Å². The predicted octanol–water partition coefficient (Wildman–Crippen LogP) is 4.60. The molecule has 0 spiro atoms. The zero-order valence-electron chi connectivity index (χ0n) is 20.7. The number of amides is 2. The summed E-state index contributed by atoms with van der Waals surface area (Å²) in [5.41, 5.74) is 2.71. The fraction of sp³-hybridized carbons (Fsp3) is 0.345. The molecule has 2 heterocycles. The molecule has 1 aromatic heterocycles. The molecule has 182 valence electrons. The van der Waals surface area contributed by atoms with Crippen molar-refractivity contribution in [2.24, 2.45) is 0 Å². The first kappa shape index (κ1) is 24.5. The summed E-state index contributed by atoms with van der Waals surface area (Å²) in [5, 5.41) is 2.94. The lowest BCUT2D eigenvalue weighted by Crippen LogP contribution is -2.57. The standard InChI is InChI=1S/C29H33N3O3/c1-29(2,31-27(33)19-21-11-5-4-6-12-21)28(34)32-18-10-13-22(20-32)24-15-9-16-25(30-24)23-14-7-8-17-26(23)35-3/h4-9,11-12,14-17,22H,10,13,18-20H2,1-3H3,(H,31,33)/t22-/m0/s1. The first-order valence-corrected chi connectivity index (χ1v) is 12.1. The smallest absolute Gasteiger partial charge is 0.247 e. The second-order valence-electron chi connectivity index (χ2n) is 9.57. The molecule has 2 aromatic carbocycles. The van der Waals surface area contributed by atoms with Gasteiger partial charge in [0.05, 0.1) is 19.2 Å². The Morgan fingerprint density at radius 1 is 1.03 bits per heavy atom. The minimum Gasteiger partial charge on any atom is -0.496 e. The Morgan fingerprint density at radius 3 is 2.54 bits per heavy atom. The van der Waals surface area contributed by atoms with Gasteiger partial charge < -0.3 is 15.0 Å². The van der Waals surface area contributed by atoms with E-state index < -0.39 is 5.54 Å². The van der Waals surface area contributed by atoms with E-state index in [1.165, 1.54) is 0 Å². The van der Waals surface area contributed by atoms with E-state index in [-0.39, 0.29) is 24.2 Å². The summed E-state index contributed by atoms with van der Waals surface area (Å²) < 4.78 is 5.51. The first-order chi connectivity index (χ1) is 16.9. The highest BCUT2D eigenvalue weighted by molar-refractivity contribution is 5.91. The number of aromatic nitrogens is 1. The number of hydrogen-bond donors (Lipinski definition) is 1. The fourth-order valence-electron chi connectivity index (χ4n) is 4.71. The van der Waals surface area contributed by atoms with E-state index >= 15 is 0 Å². The Balaban J connectivity index is 1.45. The van der Waals surface area contributed by atoms with Gasteiger partial charge in [0.15, 0.2) is 0 Å². The summed E-state index contributed by atoms with van der Waals surface area (Å²) in [5.74, 6) is 0.697. The van der Waals surface area contributed by atoms with Crippen molar-refractivity contribution >= 4 is 11.8 Å². The predicted molar refractivity (Wildman–Crippen MR) is 137 cm³/mol. The number of methoxy groups -OCH3 is 1. The average Bonchev–Trinajstić information content (AvgIpc) is 2.88. The molecular formula is C29H33N3O3. The van der Waals surface area contributed by atoms with Gasteiger partial charge in [-0.3, -0.25) is 14.6 Å². The van der Waals surface area contributed by atoms with Crippen LogP contribution < -0.4 is 10.1 Å². The summed E-state index contributed by atoms with van der Waals surface area (Å²) in [4.78, 5) is 32.9. The number of benzene rings is 2. The van der Waals surface area contributed by atoms with Crippen molar-refractivity contribution < 1.29 is 14.3 Å². The monoisotopic (exact) mass is 471 g/mol. The lowest BCUT2D eigenvalue weighted by molar-refractivity contribution is -0.141. The zero-order valence-corrected chi connectivity index (χ0v) is 20.7. The topological polar surface area (TPSA) is 71.5 Å². The molecule has 0 aliphatic carbocycles. The molecule has 35 heavy (non-hydrogen) atoms. The highest BCUT2D eigenvalue weighted by Crippen LogP contribution is 2.32. The molecule has 6 heteroatoms. The van der Waals surface area contributed by atoms with Crippen molar-refractivity contribution in [2.75, 3.05) is 20.2 Å². The molecule has 1 atom stereocenters. The molecule has 6 nitrogen and oxygen atoms in total. The van der Waals surface area contributed by atoms with E-state index in [4.69, 9.17) is 9.72 Å². The zero-order chi connectivity index (χ0) is 24.8. The Hall–Kier alpha value is -3.67. The Labute approximate surface area is 207 Å². The van der Waals surface area contributed by atoms with Crippen LogP contribution in [0.3, 0.4) is 0 Å². The molecule has 1 fully saturated rings. The van der Waals surface area contributed by atoms with Crippen LogP contribution in [-0.4, -0.2) is 47.4 Å². The molecule has 0 unspecified atom stereocenters. The molecule has 1 aliphatic rings. The number of rotatable bonds is 7. The minimum absolute atomic E-state index is 0.0653. The molecule has 1 aliphatic heterocycles. The number of nitrogens with one attached hydrogen (secondary N) is 1. The molecule has 1 N–H and O–H groups in total. The second-order valence-corrected chi connectivity index (χ2v) is 9.57. The van der Waals surface area contributed by atoms with Gasteiger partial charge in [-0.2, -0.15) is 0 Å². The maximum atomic E-state index is 13.4. The Kier molecular flexibility index (Phi) is 7.49. The van der Waals surface area contributed by atoms with Crippen LogP contribution in [-0.2, 0) is 16.0 Å². The van der Waals surface area contributed by atoms with Crippen LogP contribution in [0.2, 0.25) is 0 Å². The molecule has 0 bridgehead atoms. The average molecular weight is 472 g/mol. The number of carbonyl (C=O) groups excluding carboxylic acids is 2. The van der Waals surface area contributed by atoms with Crippen molar-refractivity contribution in [2.45, 2.75) is 44.6 Å². The normalized spacial score (nSPS) is 16.0. The van der Waals surface area contributed by atoms with Gasteiger partial charge in [0.1, 0.15) is 11.3 Å². The second kappa shape index (κ2) is 10.7. The van der Waals surface area contributed by atoms with Crippen LogP contribution in [0.4, 0.5) is 0 Å². The maximum absolute atomic E-state index is 13.4. The van der Waals surface area contributed by atoms with E-state index in [2.05, 4.69) is 5.32 Å². The van der Waals surface area contributed by atoms with Gasteiger partial charge in [0.2, 0.25) is 11.8 Å². The van der Waals surface area contributed by atoms with Crippen molar-refractivity contribution in [1.82, 2.24) is 15.2 Å². The van der Waals surface area contributed by atoms with Gasteiger partial charge in [-0.05, 0) is 56.5 Å². The molecule has 0 radical (unpaired) electrons. The van der Waals surface area contributed by atoms with Crippen LogP contribution >= 0.6 is 0 Å². The number of piperidine rings is 1. The molecular weight excluding hydrogens is 438 g/mol. The van der Waals surface area contributed by atoms with E-state index in [0.717, 1.165) is 41.1 Å². The molecule has 2 amide bonds. The highest BCUT2D eigenvalue weighted by atomic mass is 16.5. The van der Waals surface area contributed by atoms with Gasteiger partial charge in [0.25, 0.3) is 0 Å². The van der Waals surface area contributed by atoms with Crippen LogP contribution in [0, 0.1) is 0 Å². The van der Waals surface area contributed by atoms with Crippen molar-refractivity contribution in [3.05, 3.63) is 84.1 Å². The maximum Gasteiger partial charge on any atom is 0.247 e. The van der Waals surface area contributed by atoms with Gasteiger partial charge in [-0.1, -0.05) is 48.5 Å². The van der Waals surface area contributed by atoms with Crippen molar-refractivity contribution in [3.63, 3.8) is 0 Å². The summed E-state index contributed by atoms with van der Waals surface area (Å²) in [6, 6.07) is 23.4. The third kappa shape index (κ3) is 5.88. The van der Waals surface area contributed by atoms with Gasteiger partial charge in [-0.25, -0.2) is 0 Å². The largest absolute Gasteiger partial charge is 0.496 e. The highest BCUT2D eigenvalue weighted by Gasteiger charge is 2.36. The van der Waals surface area contributed by atoms with Crippen molar-refractivity contribution in [3.8, 4) is 17.0 Å². The van der Waals surface area contributed by atoms with Crippen LogP contribution in [0.25, 0.3) is 11.3 Å². The van der Waals surface area contributed by atoms with E-state index in [0.29, 0.717) is 13.1 Å². The number of likely N-dealkylation sites (tertiary alicyclic amines) is 1. The number of pyridine rings is 1. The van der Waals surface area contributed by atoms with E-state index in [9.17, 15) is 9.59 Å². The number of carbonyl (C=O) groups is 2. The van der Waals surface area contributed by atoms with Crippen molar-refractivity contribution in [1.29, 1.82) is 0 Å². The Bertz CT molecular complexity index is 1180. The molecule has 3 aromatic rings. The minimum atomic E-state index is -0.986. The lowest BCUT2D eigenvalue weighted by Gasteiger charge is -2.38. The summed E-state index contributed by atoms with van der Waals surface area (Å²) in [6.07, 6.45) is 2.11. The van der Waals surface area contributed by atoms with E-state index in [1.807, 2.05) is 77.7 Å². The summed E-state index contributed by atoms with van der Waals surface area (Å²) >= 11 is 0. The number of para-hydroxylation sites is 1. The number of hydrogen-bond acceptors (Lipinski definition) is 4. The quantitative estimate of drug-likeness (QED) is 0.547. The summed E-state index contributed by atoms with van der Waals surface area (Å²) in [7, 11) is 1.66. The van der Waals surface area contributed by atoms with Crippen LogP contribution in [0.5, 0.6) is 5.75 Å². The third-order valence-corrected chi connectivity index (χ3v) is 6.47.